The molecule has 0 aliphatic carbocycles. The second-order valence-corrected chi connectivity index (χ2v) is 3.24. The van der Waals surface area contributed by atoms with Crippen LogP contribution in [-0.2, 0) is 0 Å². The molecule has 0 saturated heterocycles. The fourth-order valence-electron chi connectivity index (χ4n) is 0.811. The lowest BCUT2D eigenvalue weighted by Gasteiger charge is -2.05. The molecule has 0 bridgehead atoms. The Kier molecular flexibility index (Phi) is 3.47. The van der Waals surface area contributed by atoms with E-state index in [1.54, 1.807) is 6.07 Å². The summed E-state index contributed by atoms with van der Waals surface area (Å²) in [6, 6.07) is 3.65. The Labute approximate surface area is 87.6 Å². The first-order valence-corrected chi connectivity index (χ1v) is 4.36. The zero-order valence-electron chi connectivity index (χ0n) is 8.02. The van der Waals surface area contributed by atoms with Crippen molar-refractivity contribution in [3.63, 3.8) is 0 Å². The monoisotopic (exact) mass is 212 g/mol. The highest BCUT2D eigenvalue weighted by Gasteiger charge is 2.00. The molecule has 0 fully saturated rings. The molecular formula is C8H12N4OS. The van der Waals surface area contributed by atoms with Gasteiger partial charge in [-0.1, -0.05) is 0 Å². The van der Waals surface area contributed by atoms with Crippen molar-refractivity contribution in [3.8, 4) is 0 Å². The summed E-state index contributed by atoms with van der Waals surface area (Å²) in [6.07, 6.45) is 1.51. The molecule has 3 N–H and O–H groups in total. The Morgan fingerprint density at radius 2 is 2.36 bits per heavy atom. The van der Waals surface area contributed by atoms with Crippen molar-refractivity contribution in [1.29, 1.82) is 0 Å². The van der Waals surface area contributed by atoms with E-state index in [0.29, 0.717) is 5.76 Å². The third kappa shape index (κ3) is 3.06. The van der Waals surface area contributed by atoms with E-state index in [1.165, 1.54) is 6.21 Å². The molecule has 0 aliphatic heterocycles. The Hall–Kier alpha value is -1.56. The molecule has 1 aromatic rings. The van der Waals surface area contributed by atoms with Gasteiger partial charge in [0.05, 0.1) is 6.21 Å². The molecule has 1 aromatic heterocycles. The van der Waals surface area contributed by atoms with Gasteiger partial charge in [0, 0.05) is 20.2 Å². The molecule has 76 valence electrons. The maximum Gasteiger partial charge on any atom is 0.195 e. The number of nitrogens with one attached hydrogen (secondary N) is 1. The van der Waals surface area contributed by atoms with E-state index in [4.69, 9.17) is 10.2 Å². The lowest BCUT2D eigenvalue weighted by Crippen LogP contribution is -2.23. The SMILES string of the molecule is CN(C)c1ccc(/C=N\NC(N)=S)o1. The molecule has 14 heavy (non-hydrogen) atoms. The number of thiocarbonyl (C=S) groups is 1. The van der Waals surface area contributed by atoms with Crippen LogP contribution in [0.3, 0.4) is 0 Å². The summed E-state index contributed by atoms with van der Waals surface area (Å²) in [6.45, 7) is 0. The van der Waals surface area contributed by atoms with E-state index >= 15 is 0 Å². The van der Waals surface area contributed by atoms with Gasteiger partial charge in [0.25, 0.3) is 0 Å². The molecule has 0 atom stereocenters. The molecule has 1 rings (SSSR count). The minimum absolute atomic E-state index is 0.126. The molecule has 0 saturated carbocycles. The molecule has 6 heteroatoms. The number of hydrazone groups is 1. The van der Waals surface area contributed by atoms with E-state index in [2.05, 4.69) is 22.7 Å². The van der Waals surface area contributed by atoms with E-state index in [-0.39, 0.29) is 5.11 Å². The van der Waals surface area contributed by atoms with E-state index in [9.17, 15) is 0 Å². The largest absolute Gasteiger partial charge is 0.440 e. The van der Waals surface area contributed by atoms with Gasteiger partial charge >= 0.3 is 0 Å². The van der Waals surface area contributed by atoms with Gasteiger partial charge in [-0.15, -0.1) is 0 Å². The maximum absolute atomic E-state index is 5.38. The van der Waals surface area contributed by atoms with Crippen molar-refractivity contribution in [2.45, 2.75) is 0 Å². The van der Waals surface area contributed by atoms with Crippen LogP contribution in [0.15, 0.2) is 21.7 Å². The number of anilines is 1. The van der Waals surface area contributed by atoms with Gasteiger partial charge in [-0.2, -0.15) is 5.10 Å². The standard InChI is InChI=1S/C8H12N4OS/c1-12(2)7-4-3-6(13-7)5-10-11-8(9)14/h3-5H,1-2H3,(H3,9,11,14)/b10-5-. The minimum atomic E-state index is 0.126. The predicted octanol–water partition coefficient (Wildman–Crippen LogP) is 0.513. The molecule has 0 amide bonds. The molecule has 5 nitrogen and oxygen atoms in total. The smallest absolute Gasteiger partial charge is 0.195 e. The van der Waals surface area contributed by atoms with Gasteiger partial charge in [-0.25, -0.2) is 0 Å². The first-order valence-electron chi connectivity index (χ1n) is 3.95. The number of nitrogens with zero attached hydrogens (tertiary/aromatic N) is 2. The van der Waals surface area contributed by atoms with Crippen LogP contribution in [0.2, 0.25) is 0 Å². The minimum Gasteiger partial charge on any atom is -0.440 e. The van der Waals surface area contributed by atoms with E-state index in [0.717, 1.165) is 5.88 Å². The first kappa shape index (κ1) is 10.5. The van der Waals surface area contributed by atoms with Crippen molar-refractivity contribution in [2.75, 3.05) is 19.0 Å². The lowest BCUT2D eigenvalue weighted by atomic mass is 10.5. The Bertz CT molecular complexity index is 345. The molecule has 0 radical (unpaired) electrons. The van der Waals surface area contributed by atoms with Crippen molar-refractivity contribution in [2.24, 2.45) is 10.8 Å². The third-order valence-electron chi connectivity index (χ3n) is 1.42. The molecule has 1 heterocycles. The van der Waals surface area contributed by atoms with Gasteiger partial charge in [0.1, 0.15) is 5.76 Å². The van der Waals surface area contributed by atoms with Crippen LogP contribution in [0.25, 0.3) is 0 Å². The lowest BCUT2D eigenvalue weighted by molar-refractivity contribution is 0.558. The van der Waals surface area contributed by atoms with Crippen LogP contribution in [0.5, 0.6) is 0 Å². The number of hydrogen-bond acceptors (Lipinski definition) is 4. The molecule has 0 aliphatic rings. The molecular weight excluding hydrogens is 200 g/mol. The molecule has 0 spiro atoms. The van der Waals surface area contributed by atoms with Crippen LogP contribution in [0.4, 0.5) is 5.88 Å². The molecule has 0 unspecified atom stereocenters. The average Bonchev–Trinajstić information content (AvgIpc) is 2.52. The summed E-state index contributed by atoms with van der Waals surface area (Å²) in [5.41, 5.74) is 7.62. The average molecular weight is 212 g/mol. The number of rotatable bonds is 3. The van der Waals surface area contributed by atoms with Crippen LogP contribution in [-0.4, -0.2) is 25.4 Å². The summed E-state index contributed by atoms with van der Waals surface area (Å²) in [7, 11) is 3.79. The Morgan fingerprint density at radius 3 is 2.86 bits per heavy atom. The third-order valence-corrected chi connectivity index (χ3v) is 1.51. The second-order valence-electron chi connectivity index (χ2n) is 2.80. The normalized spacial score (nSPS) is 10.4. The van der Waals surface area contributed by atoms with Gasteiger partial charge in [-0.3, -0.25) is 5.43 Å². The van der Waals surface area contributed by atoms with Crippen LogP contribution in [0, 0.1) is 0 Å². The topological polar surface area (TPSA) is 66.8 Å². The van der Waals surface area contributed by atoms with Crippen LogP contribution in [0.1, 0.15) is 5.76 Å². The zero-order chi connectivity index (χ0) is 10.6. The molecule has 0 aromatic carbocycles. The van der Waals surface area contributed by atoms with Gasteiger partial charge in [0.15, 0.2) is 11.0 Å². The highest BCUT2D eigenvalue weighted by atomic mass is 32.1. The fraction of sp³-hybridized carbons (Fsp3) is 0.250. The Balaban J connectivity index is 2.59. The van der Waals surface area contributed by atoms with Crippen molar-refractivity contribution >= 4 is 29.4 Å². The van der Waals surface area contributed by atoms with E-state index < -0.39 is 0 Å². The predicted molar refractivity (Wildman–Crippen MR) is 60.6 cm³/mol. The van der Waals surface area contributed by atoms with Crippen molar-refractivity contribution in [1.82, 2.24) is 5.43 Å². The number of nitrogens with two attached hydrogens (primary N) is 1. The van der Waals surface area contributed by atoms with Crippen LogP contribution >= 0.6 is 12.2 Å². The zero-order valence-corrected chi connectivity index (χ0v) is 8.84. The summed E-state index contributed by atoms with van der Waals surface area (Å²) in [5, 5.41) is 3.89. The van der Waals surface area contributed by atoms with Crippen molar-refractivity contribution in [3.05, 3.63) is 17.9 Å². The fourth-order valence-corrected chi connectivity index (χ4v) is 0.864. The maximum atomic E-state index is 5.38. The first-order chi connectivity index (χ1) is 6.59. The number of furan rings is 1. The second kappa shape index (κ2) is 4.61. The van der Waals surface area contributed by atoms with Gasteiger partial charge in [-0.05, 0) is 18.3 Å². The van der Waals surface area contributed by atoms with Gasteiger partial charge < -0.3 is 15.1 Å². The quantitative estimate of drug-likeness (QED) is 0.434. The summed E-state index contributed by atoms with van der Waals surface area (Å²) in [5.74, 6) is 1.40. The summed E-state index contributed by atoms with van der Waals surface area (Å²) >= 11 is 4.57. The Morgan fingerprint density at radius 1 is 1.64 bits per heavy atom. The highest BCUT2D eigenvalue weighted by Crippen LogP contribution is 2.13. The summed E-state index contributed by atoms with van der Waals surface area (Å²) < 4.78 is 5.38. The summed E-state index contributed by atoms with van der Waals surface area (Å²) in [4.78, 5) is 1.86. The van der Waals surface area contributed by atoms with Crippen LogP contribution < -0.4 is 16.1 Å². The highest BCUT2D eigenvalue weighted by molar-refractivity contribution is 7.80. The van der Waals surface area contributed by atoms with Crippen molar-refractivity contribution < 1.29 is 4.42 Å². The van der Waals surface area contributed by atoms with E-state index in [1.807, 2.05) is 25.1 Å². The number of hydrogen-bond donors (Lipinski definition) is 2. The van der Waals surface area contributed by atoms with Gasteiger partial charge in [0.2, 0.25) is 0 Å².